The van der Waals surface area contributed by atoms with Gasteiger partial charge in [-0.2, -0.15) is 5.26 Å². The first kappa shape index (κ1) is 17.2. The van der Waals surface area contributed by atoms with E-state index in [0.29, 0.717) is 24.3 Å². The summed E-state index contributed by atoms with van der Waals surface area (Å²) in [6, 6.07) is 14.3. The molecule has 1 saturated heterocycles. The van der Waals surface area contributed by atoms with Gasteiger partial charge >= 0.3 is 0 Å². The van der Waals surface area contributed by atoms with Crippen LogP contribution in [-0.4, -0.2) is 24.1 Å². The van der Waals surface area contributed by atoms with Crippen molar-refractivity contribution >= 4 is 27.3 Å². The van der Waals surface area contributed by atoms with Crippen molar-refractivity contribution < 1.29 is 9.66 Å². The summed E-state index contributed by atoms with van der Waals surface area (Å²) in [5.41, 5.74) is 0.832. The predicted molar refractivity (Wildman–Crippen MR) is 97.8 cm³/mol. The molecule has 0 radical (unpaired) electrons. The van der Waals surface area contributed by atoms with E-state index in [9.17, 15) is 10.1 Å². The van der Waals surface area contributed by atoms with Crippen LogP contribution in [-0.2, 0) is 0 Å². The summed E-state index contributed by atoms with van der Waals surface area (Å²) in [6.45, 7) is 1.34. The lowest BCUT2D eigenvalue weighted by molar-refractivity contribution is -0.384. The number of nitriles is 1. The molecule has 0 unspecified atom stereocenters. The minimum absolute atomic E-state index is 0.0228. The van der Waals surface area contributed by atoms with Gasteiger partial charge in [-0.05, 0) is 30.3 Å². The third-order valence-electron chi connectivity index (χ3n) is 4.18. The maximum atomic E-state index is 11.3. The van der Waals surface area contributed by atoms with Crippen molar-refractivity contribution in [3.63, 3.8) is 0 Å². The van der Waals surface area contributed by atoms with Gasteiger partial charge in [0.05, 0.1) is 16.6 Å². The molecule has 0 amide bonds. The van der Waals surface area contributed by atoms with E-state index in [-0.39, 0.29) is 11.8 Å². The molecule has 1 fully saturated rings. The second-order valence-corrected chi connectivity index (χ2v) is 6.75. The topological polar surface area (TPSA) is 79.4 Å². The quantitative estimate of drug-likeness (QED) is 0.564. The highest BCUT2D eigenvalue weighted by atomic mass is 79.9. The van der Waals surface area contributed by atoms with Gasteiger partial charge in [0.2, 0.25) is 0 Å². The first-order chi connectivity index (χ1) is 12.1. The average Bonchev–Trinajstić information content (AvgIpc) is 2.62. The van der Waals surface area contributed by atoms with Crippen LogP contribution in [0.2, 0.25) is 0 Å². The van der Waals surface area contributed by atoms with E-state index in [1.54, 1.807) is 12.1 Å². The number of rotatable bonds is 4. The normalized spacial score (nSPS) is 14.8. The molecular weight excluding hydrogens is 386 g/mol. The first-order valence-corrected chi connectivity index (χ1v) is 8.72. The van der Waals surface area contributed by atoms with Crippen LogP contribution >= 0.6 is 15.9 Å². The smallest absolute Gasteiger partial charge is 0.293 e. The van der Waals surface area contributed by atoms with E-state index in [1.807, 2.05) is 35.2 Å². The summed E-state index contributed by atoms with van der Waals surface area (Å²) in [6.07, 6.45) is 1.65. The van der Waals surface area contributed by atoms with Gasteiger partial charge in [0, 0.05) is 36.5 Å². The van der Waals surface area contributed by atoms with E-state index in [1.165, 1.54) is 6.07 Å². The Morgan fingerprint density at radius 2 is 2.00 bits per heavy atom. The van der Waals surface area contributed by atoms with Crippen LogP contribution in [0.15, 0.2) is 46.9 Å². The number of ether oxygens (including phenoxy) is 1. The third kappa shape index (κ3) is 4.09. The molecule has 1 heterocycles. The van der Waals surface area contributed by atoms with Crippen LogP contribution in [0.25, 0.3) is 0 Å². The predicted octanol–water partition coefficient (Wildman–Crippen LogP) is 4.28. The summed E-state index contributed by atoms with van der Waals surface area (Å²) in [5, 5.41) is 20.2. The van der Waals surface area contributed by atoms with Gasteiger partial charge in [-0.3, -0.25) is 10.1 Å². The Labute approximate surface area is 153 Å². The molecule has 1 aliphatic heterocycles. The Hall–Kier alpha value is -2.59. The van der Waals surface area contributed by atoms with E-state index < -0.39 is 4.92 Å². The molecule has 0 spiro atoms. The number of hydrogen-bond donors (Lipinski definition) is 0. The number of hydrogen-bond acceptors (Lipinski definition) is 5. The van der Waals surface area contributed by atoms with Gasteiger partial charge in [-0.15, -0.1) is 0 Å². The van der Waals surface area contributed by atoms with Crippen molar-refractivity contribution in [2.75, 3.05) is 18.0 Å². The Bertz CT molecular complexity index is 827. The minimum Gasteiger partial charge on any atom is -0.490 e. The standard InChI is InChI=1S/C18H16BrN3O3/c19-14-2-1-3-16(11-14)25-15-6-8-21(9-7-15)17-5-4-13(12-20)10-18(17)22(23)24/h1-5,10-11,15H,6-9H2. The Morgan fingerprint density at radius 1 is 1.24 bits per heavy atom. The molecule has 6 nitrogen and oxygen atoms in total. The highest BCUT2D eigenvalue weighted by Crippen LogP contribution is 2.32. The lowest BCUT2D eigenvalue weighted by Crippen LogP contribution is -2.38. The molecule has 7 heteroatoms. The number of nitro groups is 1. The van der Waals surface area contributed by atoms with Gasteiger partial charge < -0.3 is 9.64 Å². The Kier molecular flexibility index (Phi) is 5.19. The molecule has 0 atom stereocenters. The number of nitrogens with zero attached hydrogens (tertiary/aromatic N) is 3. The van der Waals surface area contributed by atoms with Gasteiger partial charge in [-0.25, -0.2) is 0 Å². The number of halogens is 1. The number of nitro benzene ring substituents is 1. The maximum Gasteiger partial charge on any atom is 0.293 e. The van der Waals surface area contributed by atoms with Crippen LogP contribution in [0.3, 0.4) is 0 Å². The SMILES string of the molecule is N#Cc1ccc(N2CCC(Oc3cccc(Br)c3)CC2)c([N+](=O)[O-])c1. The van der Waals surface area contributed by atoms with Crippen molar-refractivity contribution in [3.05, 3.63) is 62.6 Å². The molecular formula is C18H16BrN3O3. The molecule has 0 N–H and O–H groups in total. The lowest BCUT2D eigenvalue weighted by Gasteiger charge is -2.33. The van der Waals surface area contributed by atoms with Gasteiger partial charge in [0.1, 0.15) is 17.5 Å². The molecule has 0 aliphatic carbocycles. The summed E-state index contributed by atoms with van der Waals surface area (Å²) < 4.78 is 6.97. The summed E-state index contributed by atoms with van der Waals surface area (Å²) in [4.78, 5) is 12.9. The number of benzene rings is 2. The van der Waals surface area contributed by atoms with E-state index >= 15 is 0 Å². The van der Waals surface area contributed by atoms with Crippen LogP contribution in [0.1, 0.15) is 18.4 Å². The Morgan fingerprint density at radius 3 is 2.64 bits per heavy atom. The zero-order chi connectivity index (χ0) is 17.8. The second-order valence-electron chi connectivity index (χ2n) is 5.83. The van der Waals surface area contributed by atoms with Crippen molar-refractivity contribution in [2.45, 2.75) is 18.9 Å². The monoisotopic (exact) mass is 401 g/mol. The molecule has 2 aromatic carbocycles. The minimum atomic E-state index is -0.430. The zero-order valence-electron chi connectivity index (χ0n) is 13.4. The molecule has 0 saturated carbocycles. The van der Waals surface area contributed by atoms with E-state index in [2.05, 4.69) is 15.9 Å². The molecule has 2 aromatic rings. The van der Waals surface area contributed by atoms with Crippen molar-refractivity contribution in [1.29, 1.82) is 5.26 Å². The molecule has 0 aromatic heterocycles. The molecule has 25 heavy (non-hydrogen) atoms. The highest BCUT2D eigenvalue weighted by molar-refractivity contribution is 9.10. The zero-order valence-corrected chi connectivity index (χ0v) is 15.0. The first-order valence-electron chi connectivity index (χ1n) is 7.92. The second kappa shape index (κ2) is 7.53. The van der Waals surface area contributed by atoms with Crippen molar-refractivity contribution in [1.82, 2.24) is 0 Å². The van der Waals surface area contributed by atoms with Gasteiger partial charge in [0.25, 0.3) is 5.69 Å². The number of piperidine rings is 1. The van der Waals surface area contributed by atoms with Crippen molar-refractivity contribution in [2.24, 2.45) is 0 Å². The van der Waals surface area contributed by atoms with E-state index in [4.69, 9.17) is 10.00 Å². The van der Waals surface area contributed by atoms with Crippen LogP contribution in [0, 0.1) is 21.4 Å². The summed E-state index contributed by atoms with van der Waals surface area (Å²) in [5.74, 6) is 0.817. The summed E-state index contributed by atoms with van der Waals surface area (Å²) in [7, 11) is 0. The molecule has 128 valence electrons. The fourth-order valence-electron chi connectivity index (χ4n) is 2.95. The third-order valence-corrected chi connectivity index (χ3v) is 4.68. The van der Waals surface area contributed by atoms with Gasteiger partial charge in [0.15, 0.2) is 0 Å². The lowest BCUT2D eigenvalue weighted by atomic mass is 10.1. The molecule has 3 rings (SSSR count). The van der Waals surface area contributed by atoms with E-state index in [0.717, 1.165) is 23.1 Å². The highest BCUT2D eigenvalue weighted by Gasteiger charge is 2.26. The van der Waals surface area contributed by atoms with Crippen LogP contribution < -0.4 is 9.64 Å². The summed E-state index contributed by atoms with van der Waals surface area (Å²) >= 11 is 3.43. The largest absolute Gasteiger partial charge is 0.490 e. The number of anilines is 1. The maximum absolute atomic E-state index is 11.3. The molecule has 0 bridgehead atoms. The van der Waals surface area contributed by atoms with Crippen molar-refractivity contribution in [3.8, 4) is 11.8 Å². The van der Waals surface area contributed by atoms with Gasteiger partial charge in [-0.1, -0.05) is 22.0 Å². The Balaban J connectivity index is 1.68. The average molecular weight is 402 g/mol. The van der Waals surface area contributed by atoms with Crippen LogP contribution in [0.5, 0.6) is 5.75 Å². The van der Waals surface area contributed by atoms with Crippen LogP contribution in [0.4, 0.5) is 11.4 Å². The molecule has 1 aliphatic rings. The fraction of sp³-hybridized carbons (Fsp3) is 0.278. The fourth-order valence-corrected chi connectivity index (χ4v) is 3.33.